The molecule has 0 saturated carbocycles. The third-order valence-corrected chi connectivity index (χ3v) is 5.29. The highest BCUT2D eigenvalue weighted by Gasteiger charge is 2.16. The molecule has 164 valence electrons. The number of benzene rings is 1. The van der Waals surface area contributed by atoms with Crippen LogP contribution in [0.2, 0.25) is 0 Å². The van der Waals surface area contributed by atoms with Gasteiger partial charge < -0.3 is 10.6 Å². The second-order valence-electron chi connectivity index (χ2n) is 7.77. The molecule has 1 aromatic carbocycles. The molecule has 2 N–H and O–H groups in total. The van der Waals surface area contributed by atoms with E-state index in [1.807, 2.05) is 24.7 Å². The number of amides is 1. The molecule has 0 aliphatic rings. The molecule has 0 aliphatic heterocycles. The van der Waals surface area contributed by atoms with E-state index in [0.29, 0.717) is 31.6 Å². The van der Waals surface area contributed by atoms with E-state index in [9.17, 15) is 14.9 Å². The second-order valence-corrected chi connectivity index (χ2v) is 7.77. The van der Waals surface area contributed by atoms with Crippen LogP contribution >= 0.6 is 0 Å². The summed E-state index contributed by atoms with van der Waals surface area (Å²) in [5.74, 6) is -0.0684. The van der Waals surface area contributed by atoms with Crippen LogP contribution in [-0.4, -0.2) is 38.7 Å². The van der Waals surface area contributed by atoms with Gasteiger partial charge in [0, 0.05) is 42.7 Å². The molecule has 2 aromatic heterocycles. The summed E-state index contributed by atoms with van der Waals surface area (Å²) in [7, 11) is 0. The third kappa shape index (κ3) is 4.99. The summed E-state index contributed by atoms with van der Waals surface area (Å²) in [5.41, 5.74) is 4.43. The van der Waals surface area contributed by atoms with Crippen molar-refractivity contribution in [3.05, 3.63) is 57.4 Å². The van der Waals surface area contributed by atoms with E-state index >= 15 is 0 Å². The molecule has 9 nitrogen and oxygen atoms in total. The van der Waals surface area contributed by atoms with Crippen molar-refractivity contribution < 1.29 is 9.72 Å². The van der Waals surface area contributed by atoms with E-state index in [4.69, 9.17) is 4.98 Å². The van der Waals surface area contributed by atoms with E-state index in [1.54, 1.807) is 18.2 Å². The third-order valence-electron chi connectivity index (χ3n) is 5.29. The first-order valence-corrected chi connectivity index (χ1v) is 10.4. The van der Waals surface area contributed by atoms with Crippen LogP contribution in [0.25, 0.3) is 11.0 Å². The van der Waals surface area contributed by atoms with Crippen LogP contribution in [0.1, 0.15) is 43.1 Å². The number of pyridine rings is 1. The molecule has 0 bridgehead atoms. The van der Waals surface area contributed by atoms with Crippen molar-refractivity contribution in [3.8, 4) is 0 Å². The number of nitro groups is 1. The molecule has 0 atom stereocenters. The van der Waals surface area contributed by atoms with E-state index in [-0.39, 0.29) is 17.6 Å². The van der Waals surface area contributed by atoms with Gasteiger partial charge >= 0.3 is 0 Å². The lowest BCUT2D eigenvalue weighted by atomic mass is 10.0. The number of nitro benzene ring substituents is 1. The van der Waals surface area contributed by atoms with E-state index in [1.165, 1.54) is 6.07 Å². The minimum Gasteiger partial charge on any atom is -0.378 e. The van der Waals surface area contributed by atoms with Gasteiger partial charge in [0.1, 0.15) is 5.69 Å². The molecular weight excluding hydrogens is 396 g/mol. The number of para-hydroxylation sites is 2. The lowest BCUT2D eigenvalue weighted by Crippen LogP contribution is -2.29. The maximum Gasteiger partial charge on any atom is 0.292 e. The Bertz CT molecular complexity index is 1110. The second kappa shape index (κ2) is 9.55. The Morgan fingerprint density at radius 3 is 2.68 bits per heavy atom. The number of hydrogen-bond acceptors (Lipinski definition) is 6. The Kier molecular flexibility index (Phi) is 6.84. The molecule has 0 aliphatic carbocycles. The van der Waals surface area contributed by atoms with Crippen molar-refractivity contribution in [2.45, 2.75) is 46.6 Å². The van der Waals surface area contributed by atoms with Crippen LogP contribution in [0.15, 0.2) is 30.5 Å². The zero-order valence-electron chi connectivity index (χ0n) is 18.3. The van der Waals surface area contributed by atoms with Gasteiger partial charge in [-0.2, -0.15) is 5.10 Å². The number of aromatic nitrogens is 3. The average Bonchev–Trinajstić information content (AvgIpc) is 3.15. The van der Waals surface area contributed by atoms with Gasteiger partial charge in [-0.05, 0) is 51.3 Å². The Hall–Kier alpha value is -3.49. The topological polar surface area (TPSA) is 115 Å². The van der Waals surface area contributed by atoms with Gasteiger partial charge in [-0.25, -0.2) is 9.67 Å². The fraction of sp³-hybridized carbons (Fsp3) is 0.409. The highest BCUT2D eigenvalue weighted by Crippen LogP contribution is 2.25. The lowest BCUT2D eigenvalue weighted by molar-refractivity contribution is -0.384. The molecule has 31 heavy (non-hydrogen) atoms. The van der Waals surface area contributed by atoms with Crippen molar-refractivity contribution in [3.63, 3.8) is 0 Å². The van der Waals surface area contributed by atoms with Crippen molar-refractivity contribution in [2.75, 3.05) is 18.4 Å². The molecule has 3 rings (SSSR count). The molecule has 9 heteroatoms. The van der Waals surface area contributed by atoms with Crippen molar-refractivity contribution >= 4 is 28.3 Å². The van der Waals surface area contributed by atoms with Crippen molar-refractivity contribution in [1.29, 1.82) is 0 Å². The fourth-order valence-electron chi connectivity index (χ4n) is 3.65. The first-order chi connectivity index (χ1) is 14.8. The molecule has 2 heterocycles. The molecule has 1 amide bonds. The van der Waals surface area contributed by atoms with Crippen molar-refractivity contribution in [1.82, 2.24) is 20.1 Å². The number of carbonyl (C=O) groups is 1. The minimum atomic E-state index is -0.429. The van der Waals surface area contributed by atoms with Crippen LogP contribution in [0, 0.1) is 24.0 Å². The highest BCUT2D eigenvalue weighted by molar-refractivity contribution is 5.81. The zero-order chi connectivity index (χ0) is 22.5. The number of aryl methyl sites for hydroxylation is 2. The number of nitrogens with one attached hydrogen (secondary N) is 2. The number of hydrogen-bond donors (Lipinski definition) is 2. The Labute approximate surface area is 181 Å². The standard InChI is InChI=1S/C22H28N6O3/c1-14(2)27-22-18(13-25-27)15(3)17(16(4)26-22)9-10-21(29)24-12-11-23-19-7-5-6-8-20(19)28(30)31/h5-8,13-14,23H,9-12H2,1-4H3,(H,24,29). The van der Waals surface area contributed by atoms with Gasteiger partial charge in [0.2, 0.25) is 5.91 Å². The Morgan fingerprint density at radius 1 is 1.23 bits per heavy atom. The maximum absolute atomic E-state index is 12.3. The highest BCUT2D eigenvalue weighted by atomic mass is 16.6. The first-order valence-electron chi connectivity index (χ1n) is 10.4. The Balaban J connectivity index is 1.54. The van der Waals surface area contributed by atoms with Gasteiger partial charge in [-0.1, -0.05) is 12.1 Å². The fourth-order valence-corrected chi connectivity index (χ4v) is 3.65. The van der Waals surface area contributed by atoms with Crippen LogP contribution in [-0.2, 0) is 11.2 Å². The van der Waals surface area contributed by atoms with Gasteiger partial charge in [-0.15, -0.1) is 0 Å². The zero-order valence-corrected chi connectivity index (χ0v) is 18.3. The predicted octanol–water partition coefficient (Wildman–Crippen LogP) is 3.70. The molecule has 0 radical (unpaired) electrons. The normalized spacial score (nSPS) is 11.1. The molecule has 0 spiro atoms. The SMILES string of the molecule is Cc1nc2c(cnn2C(C)C)c(C)c1CCC(=O)NCCNc1ccccc1[N+](=O)[O-]. The first kappa shape index (κ1) is 22.2. The summed E-state index contributed by atoms with van der Waals surface area (Å²) >= 11 is 0. The van der Waals surface area contributed by atoms with Crippen molar-refractivity contribution in [2.24, 2.45) is 0 Å². The maximum atomic E-state index is 12.3. The summed E-state index contributed by atoms with van der Waals surface area (Å²) in [5, 5.41) is 22.4. The van der Waals surface area contributed by atoms with Crippen LogP contribution in [0.4, 0.5) is 11.4 Å². The lowest BCUT2D eigenvalue weighted by Gasteiger charge is -2.13. The molecule has 0 unspecified atom stereocenters. The van der Waals surface area contributed by atoms with Gasteiger partial charge in [0.15, 0.2) is 5.65 Å². The van der Waals surface area contributed by atoms with Crippen LogP contribution < -0.4 is 10.6 Å². The smallest absolute Gasteiger partial charge is 0.292 e. The van der Waals surface area contributed by atoms with E-state index in [0.717, 1.165) is 27.9 Å². The number of anilines is 1. The predicted molar refractivity (Wildman–Crippen MR) is 120 cm³/mol. The van der Waals surface area contributed by atoms with Gasteiger partial charge in [-0.3, -0.25) is 14.9 Å². The molecule has 0 saturated heterocycles. The quantitative estimate of drug-likeness (QED) is 0.307. The van der Waals surface area contributed by atoms with Gasteiger partial charge in [0.05, 0.1) is 11.1 Å². The molecule has 0 fully saturated rings. The van der Waals surface area contributed by atoms with E-state index in [2.05, 4.69) is 29.6 Å². The van der Waals surface area contributed by atoms with E-state index < -0.39 is 4.92 Å². The number of fused-ring (bicyclic) bond motifs is 1. The minimum absolute atomic E-state index is 0.0171. The Morgan fingerprint density at radius 2 is 1.97 bits per heavy atom. The summed E-state index contributed by atoms with van der Waals surface area (Å²) in [6, 6.07) is 6.67. The summed E-state index contributed by atoms with van der Waals surface area (Å²) in [6.07, 6.45) is 2.78. The largest absolute Gasteiger partial charge is 0.378 e. The number of rotatable bonds is 9. The van der Waals surface area contributed by atoms with Crippen LogP contribution in [0.5, 0.6) is 0 Å². The average molecular weight is 425 g/mol. The summed E-state index contributed by atoms with van der Waals surface area (Å²) in [4.78, 5) is 27.6. The summed E-state index contributed by atoms with van der Waals surface area (Å²) in [6.45, 7) is 8.93. The van der Waals surface area contributed by atoms with Gasteiger partial charge in [0.25, 0.3) is 5.69 Å². The molecular formula is C22H28N6O3. The molecule has 3 aromatic rings. The summed E-state index contributed by atoms with van der Waals surface area (Å²) < 4.78 is 1.91. The van der Waals surface area contributed by atoms with Crippen LogP contribution in [0.3, 0.4) is 0 Å². The monoisotopic (exact) mass is 424 g/mol. The number of nitrogens with zero attached hydrogens (tertiary/aromatic N) is 4. The number of carbonyl (C=O) groups excluding carboxylic acids is 1.